The van der Waals surface area contributed by atoms with E-state index >= 15 is 0 Å². The van der Waals surface area contributed by atoms with E-state index in [4.69, 9.17) is 11.6 Å². The Kier molecular flexibility index (Phi) is 2.40. The van der Waals surface area contributed by atoms with Crippen molar-refractivity contribution in [3.63, 3.8) is 0 Å². The number of rotatable bonds is 1. The minimum Gasteiger partial charge on any atom is -0.209 e. The summed E-state index contributed by atoms with van der Waals surface area (Å²) in [7, 11) is 0. The van der Waals surface area contributed by atoms with Crippen LogP contribution in [0, 0.1) is 0 Å². The number of hydrogen-bond donors (Lipinski definition) is 0. The highest BCUT2D eigenvalue weighted by molar-refractivity contribution is 6.20. The molecule has 1 atom stereocenters. The Balaban J connectivity index is 2.99. The Morgan fingerprint density at radius 1 is 1.50 bits per heavy atom. The lowest BCUT2D eigenvalue weighted by molar-refractivity contribution is 0.148. The maximum atomic E-state index is 11.0. The van der Waals surface area contributed by atoms with Crippen LogP contribution in [0.1, 0.15) is 6.92 Å². The molecule has 0 spiro atoms. The van der Waals surface area contributed by atoms with Gasteiger partial charge >= 0.3 is 0 Å². The highest BCUT2D eigenvalue weighted by Gasteiger charge is 2.08. The van der Waals surface area contributed by atoms with Crippen LogP contribution in [0.15, 0.2) is 0 Å². The van der Waals surface area contributed by atoms with E-state index < -0.39 is 11.8 Å². The van der Waals surface area contributed by atoms with Gasteiger partial charge < -0.3 is 0 Å². The molecule has 38 valence electrons. The Labute approximate surface area is 40.1 Å². The molecular weight excluding hydrogens is 109 g/mol. The zero-order valence-corrected chi connectivity index (χ0v) is 4.04. The highest BCUT2D eigenvalue weighted by Crippen LogP contribution is 2.05. The van der Waals surface area contributed by atoms with Crippen LogP contribution in [0.25, 0.3) is 0 Å². The Morgan fingerprint density at radius 3 is 1.67 bits per heavy atom. The molecule has 0 saturated carbocycles. The maximum Gasteiger partial charge on any atom is 0.254 e. The second-order valence-electron chi connectivity index (χ2n) is 1.01. The summed E-state index contributed by atoms with van der Waals surface area (Å²) in [6, 6.07) is 0. The number of halogens is 3. The van der Waals surface area contributed by atoms with Gasteiger partial charge in [0, 0.05) is 0 Å². The average Bonchev–Trinajstić information content (AvgIpc) is 1.36. The summed E-state index contributed by atoms with van der Waals surface area (Å²) >= 11 is 4.86. The van der Waals surface area contributed by atoms with E-state index in [1.165, 1.54) is 6.92 Å². The molecule has 0 aliphatic carbocycles. The normalized spacial score (nSPS) is 15.5. The second kappa shape index (κ2) is 2.35. The van der Waals surface area contributed by atoms with Crippen LogP contribution in [0.4, 0.5) is 8.78 Å². The van der Waals surface area contributed by atoms with Crippen molar-refractivity contribution >= 4 is 11.6 Å². The molecule has 0 fully saturated rings. The van der Waals surface area contributed by atoms with Crippen LogP contribution in [0.5, 0.6) is 0 Å². The lowest BCUT2D eigenvalue weighted by Crippen LogP contribution is -2.03. The van der Waals surface area contributed by atoms with E-state index in [1.54, 1.807) is 0 Å². The summed E-state index contributed by atoms with van der Waals surface area (Å²) in [5.74, 6) is 0. The highest BCUT2D eigenvalue weighted by atomic mass is 35.5. The number of hydrogen-bond acceptors (Lipinski definition) is 0. The molecule has 0 aliphatic heterocycles. The Bertz CT molecular complexity index is 29.8. The standard InChI is InChI=1S/C3H5ClF2/c1-2(4)3(5)6/h2-3H,1H3. The van der Waals surface area contributed by atoms with Crippen LogP contribution in [-0.2, 0) is 0 Å². The predicted molar refractivity (Wildman–Crippen MR) is 21.3 cm³/mol. The molecule has 0 saturated heterocycles. The Hall–Kier alpha value is 0.150. The van der Waals surface area contributed by atoms with Gasteiger partial charge in [-0.2, -0.15) is 0 Å². The minimum absolute atomic E-state index is 1.01. The van der Waals surface area contributed by atoms with Gasteiger partial charge in [-0.1, -0.05) is 0 Å². The van der Waals surface area contributed by atoms with E-state index in [2.05, 4.69) is 0 Å². The average molecular weight is 115 g/mol. The van der Waals surface area contributed by atoms with Crippen LogP contribution in [0.3, 0.4) is 0 Å². The molecule has 1 unspecified atom stereocenters. The zero-order chi connectivity index (χ0) is 5.15. The van der Waals surface area contributed by atoms with E-state index in [9.17, 15) is 8.78 Å². The zero-order valence-electron chi connectivity index (χ0n) is 3.29. The van der Waals surface area contributed by atoms with Crippen molar-refractivity contribution in [3.05, 3.63) is 0 Å². The SMILES string of the molecule is CC(Cl)C(F)F. The first-order chi connectivity index (χ1) is 2.64. The minimum atomic E-state index is -2.38. The Morgan fingerprint density at radius 2 is 1.67 bits per heavy atom. The van der Waals surface area contributed by atoms with Gasteiger partial charge in [-0.15, -0.1) is 11.6 Å². The quantitative estimate of drug-likeness (QED) is 0.457. The van der Waals surface area contributed by atoms with Crippen LogP contribution in [0.2, 0.25) is 0 Å². The summed E-state index contributed by atoms with van der Waals surface area (Å²) in [6.07, 6.45) is -2.38. The van der Waals surface area contributed by atoms with Gasteiger partial charge in [0.15, 0.2) is 0 Å². The van der Waals surface area contributed by atoms with Gasteiger partial charge in [-0.05, 0) is 6.92 Å². The summed E-state index contributed by atoms with van der Waals surface area (Å²) in [5, 5.41) is -1.01. The van der Waals surface area contributed by atoms with Gasteiger partial charge in [0.05, 0.1) is 5.38 Å². The van der Waals surface area contributed by atoms with Crippen molar-refractivity contribution < 1.29 is 8.78 Å². The second-order valence-corrected chi connectivity index (χ2v) is 1.70. The molecular formula is C3H5ClF2. The van der Waals surface area contributed by atoms with Gasteiger partial charge in [0.2, 0.25) is 0 Å². The predicted octanol–water partition coefficient (Wildman–Crippen LogP) is 1.88. The van der Waals surface area contributed by atoms with Crippen LogP contribution in [-0.4, -0.2) is 11.8 Å². The molecule has 0 heterocycles. The summed E-state index contributed by atoms with van der Waals surface area (Å²) in [5.41, 5.74) is 0. The van der Waals surface area contributed by atoms with E-state index in [0.29, 0.717) is 0 Å². The monoisotopic (exact) mass is 114 g/mol. The van der Waals surface area contributed by atoms with Crippen molar-refractivity contribution in [2.45, 2.75) is 18.7 Å². The third kappa shape index (κ3) is 2.39. The smallest absolute Gasteiger partial charge is 0.209 e. The molecule has 3 heteroatoms. The van der Waals surface area contributed by atoms with E-state index in [-0.39, 0.29) is 0 Å². The fourth-order valence-corrected chi connectivity index (χ4v) is 0. The van der Waals surface area contributed by atoms with E-state index in [0.717, 1.165) is 0 Å². The third-order valence-corrected chi connectivity index (χ3v) is 0.538. The first-order valence-corrected chi connectivity index (χ1v) is 2.00. The van der Waals surface area contributed by atoms with Gasteiger partial charge in [-0.3, -0.25) is 0 Å². The molecule has 0 aliphatic rings. The topological polar surface area (TPSA) is 0 Å². The van der Waals surface area contributed by atoms with Crippen LogP contribution < -0.4 is 0 Å². The fourth-order valence-electron chi connectivity index (χ4n) is 0. The van der Waals surface area contributed by atoms with Crippen molar-refractivity contribution in [3.8, 4) is 0 Å². The molecule has 0 aromatic rings. The molecule has 0 aromatic carbocycles. The molecule has 0 radical (unpaired) electrons. The van der Waals surface area contributed by atoms with Crippen LogP contribution >= 0.6 is 11.6 Å². The summed E-state index contributed by atoms with van der Waals surface area (Å²) in [4.78, 5) is 0. The van der Waals surface area contributed by atoms with Crippen molar-refractivity contribution in [2.24, 2.45) is 0 Å². The maximum absolute atomic E-state index is 11.0. The van der Waals surface area contributed by atoms with E-state index in [1.807, 2.05) is 0 Å². The first kappa shape index (κ1) is 6.15. The third-order valence-electron chi connectivity index (χ3n) is 0.347. The lowest BCUT2D eigenvalue weighted by atomic mass is 10.5. The molecule has 0 rings (SSSR count). The van der Waals surface area contributed by atoms with Gasteiger partial charge in [-0.25, -0.2) is 8.78 Å². The van der Waals surface area contributed by atoms with Crippen molar-refractivity contribution in [2.75, 3.05) is 0 Å². The van der Waals surface area contributed by atoms with Gasteiger partial charge in [0.25, 0.3) is 6.43 Å². The molecule has 0 amide bonds. The molecule has 0 N–H and O–H groups in total. The molecule has 0 nitrogen and oxygen atoms in total. The fraction of sp³-hybridized carbons (Fsp3) is 1.00. The first-order valence-electron chi connectivity index (χ1n) is 1.57. The van der Waals surface area contributed by atoms with Crippen molar-refractivity contribution in [1.82, 2.24) is 0 Å². The molecule has 6 heavy (non-hydrogen) atoms. The number of alkyl halides is 3. The molecule has 0 aromatic heterocycles. The van der Waals surface area contributed by atoms with Crippen molar-refractivity contribution in [1.29, 1.82) is 0 Å². The lowest BCUT2D eigenvalue weighted by Gasteiger charge is -1.94. The largest absolute Gasteiger partial charge is 0.254 e. The summed E-state index contributed by atoms with van der Waals surface area (Å²) < 4.78 is 22.1. The molecule has 0 bridgehead atoms. The van der Waals surface area contributed by atoms with Gasteiger partial charge in [0.1, 0.15) is 0 Å². The summed E-state index contributed by atoms with van der Waals surface area (Å²) in [6.45, 7) is 1.26.